The van der Waals surface area contributed by atoms with Crippen molar-refractivity contribution in [3.63, 3.8) is 0 Å². The standard InChI is InChI=1S/C16H17F3N6/c1-9-10(2)23-24-15(12(9)6-20)25-5-3-4-11(8-25)14-21-7-13(22-14)16(17,18)19/h7,11H,3-5,8H2,1-2H3,(H,21,22). The molecule has 1 aliphatic rings. The van der Waals surface area contributed by atoms with Gasteiger partial charge in [0.1, 0.15) is 23.2 Å². The molecule has 6 nitrogen and oxygen atoms in total. The van der Waals surface area contributed by atoms with Crippen LogP contribution in [0.3, 0.4) is 0 Å². The summed E-state index contributed by atoms with van der Waals surface area (Å²) in [5.74, 6) is 0.616. The maximum Gasteiger partial charge on any atom is 0.432 e. The van der Waals surface area contributed by atoms with E-state index in [1.165, 1.54) is 0 Å². The van der Waals surface area contributed by atoms with Crippen molar-refractivity contribution >= 4 is 5.82 Å². The molecule has 1 aliphatic heterocycles. The molecule has 3 heterocycles. The molecule has 1 atom stereocenters. The number of piperidine rings is 1. The van der Waals surface area contributed by atoms with Crippen molar-refractivity contribution in [1.29, 1.82) is 5.26 Å². The lowest BCUT2D eigenvalue weighted by Gasteiger charge is -2.33. The van der Waals surface area contributed by atoms with Crippen LogP contribution in [-0.2, 0) is 6.18 Å². The van der Waals surface area contributed by atoms with E-state index >= 15 is 0 Å². The zero-order valence-corrected chi connectivity index (χ0v) is 13.9. The molecule has 1 unspecified atom stereocenters. The molecule has 9 heteroatoms. The number of alkyl halides is 3. The molecule has 0 spiro atoms. The van der Waals surface area contributed by atoms with Crippen LogP contribution < -0.4 is 4.90 Å². The smallest absolute Gasteiger partial charge is 0.353 e. The summed E-state index contributed by atoms with van der Waals surface area (Å²) < 4.78 is 38.3. The number of imidazole rings is 1. The molecule has 0 bridgehead atoms. The van der Waals surface area contributed by atoms with Crippen molar-refractivity contribution < 1.29 is 13.2 Å². The summed E-state index contributed by atoms with van der Waals surface area (Å²) in [7, 11) is 0. The summed E-state index contributed by atoms with van der Waals surface area (Å²) in [6.45, 7) is 4.72. The Bertz CT molecular complexity index is 820. The molecule has 0 aliphatic carbocycles. The molecular formula is C16H17F3N6. The maximum atomic E-state index is 12.8. The molecule has 2 aromatic heterocycles. The SMILES string of the molecule is Cc1nnc(N2CCCC(c3ncc(C(F)(F)F)[nH]3)C2)c(C#N)c1C. The molecular weight excluding hydrogens is 333 g/mol. The molecule has 1 N–H and O–H groups in total. The van der Waals surface area contributed by atoms with Gasteiger partial charge < -0.3 is 9.88 Å². The van der Waals surface area contributed by atoms with E-state index in [0.717, 1.165) is 24.6 Å². The zero-order chi connectivity index (χ0) is 18.2. The van der Waals surface area contributed by atoms with Crippen LogP contribution >= 0.6 is 0 Å². The van der Waals surface area contributed by atoms with Crippen LogP contribution in [0.5, 0.6) is 0 Å². The maximum absolute atomic E-state index is 12.8. The molecule has 3 rings (SSSR count). The van der Waals surface area contributed by atoms with Gasteiger partial charge in [-0.05, 0) is 32.3 Å². The largest absolute Gasteiger partial charge is 0.432 e. The van der Waals surface area contributed by atoms with E-state index in [-0.39, 0.29) is 5.92 Å². The first-order chi connectivity index (χ1) is 11.8. The van der Waals surface area contributed by atoms with Crippen LogP contribution in [0.1, 0.15) is 47.1 Å². The number of nitrogens with one attached hydrogen (secondary N) is 1. The van der Waals surface area contributed by atoms with Gasteiger partial charge in [0.25, 0.3) is 0 Å². The lowest BCUT2D eigenvalue weighted by Crippen LogP contribution is -2.36. The van der Waals surface area contributed by atoms with E-state index in [0.29, 0.717) is 36.0 Å². The monoisotopic (exact) mass is 350 g/mol. The van der Waals surface area contributed by atoms with Crippen molar-refractivity contribution in [1.82, 2.24) is 20.2 Å². The number of nitriles is 1. The first-order valence-corrected chi connectivity index (χ1v) is 7.92. The Morgan fingerprint density at radius 1 is 1.32 bits per heavy atom. The number of rotatable bonds is 2. The summed E-state index contributed by atoms with van der Waals surface area (Å²) >= 11 is 0. The van der Waals surface area contributed by atoms with Gasteiger partial charge in [-0.25, -0.2) is 4.98 Å². The number of aryl methyl sites for hydroxylation is 1. The van der Waals surface area contributed by atoms with E-state index < -0.39 is 11.9 Å². The van der Waals surface area contributed by atoms with Gasteiger partial charge in [-0.1, -0.05) is 0 Å². The first-order valence-electron chi connectivity index (χ1n) is 7.92. The highest BCUT2D eigenvalue weighted by Gasteiger charge is 2.34. The highest BCUT2D eigenvalue weighted by atomic mass is 19.4. The van der Waals surface area contributed by atoms with E-state index in [9.17, 15) is 18.4 Å². The summed E-state index contributed by atoms with van der Waals surface area (Å²) in [5.41, 5.74) is 1.08. The molecule has 2 aromatic rings. The lowest BCUT2D eigenvalue weighted by molar-refractivity contribution is -0.141. The summed E-state index contributed by atoms with van der Waals surface area (Å²) in [6.07, 6.45) is -2.12. The third kappa shape index (κ3) is 3.29. The average Bonchev–Trinajstić information content (AvgIpc) is 3.08. The molecule has 1 fully saturated rings. The van der Waals surface area contributed by atoms with Gasteiger partial charge in [0.2, 0.25) is 0 Å². The fraction of sp³-hybridized carbons (Fsp3) is 0.500. The van der Waals surface area contributed by atoms with E-state index in [1.807, 2.05) is 11.8 Å². The second-order valence-electron chi connectivity index (χ2n) is 6.19. The van der Waals surface area contributed by atoms with Gasteiger partial charge in [0.05, 0.1) is 11.9 Å². The minimum absolute atomic E-state index is 0.181. The van der Waals surface area contributed by atoms with Crippen LogP contribution in [0.25, 0.3) is 0 Å². The molecule has 0 amide bonds. The molecule has 0 radical (unpaired) electrons. The minimum Gasteiger partial charge on any atom is -0.353 e. The summed E-state index contributed by atoms with van der Waals surface area (Å²) in [5, 5.41) is 17.7. The Kier molecular flexibility index (Phi) is 4.37. The second kappa shape index (κ2) is 6.35. The Morgan fingerprint density at radius 2 is 2.08 bits per heavy atom. The third-order valence-electron chi connectivity index (χ3n) is 4.56. The minimum atomic E-state index is -4.44. The van der Waals surface area contributed by atoms with Gasteiger partial charge in [-0.3, -0.25) is 0 Å². The van der Waals surface area contributed by atoms with Gasteiger partial charge >= 0.3 is 6.18 Å². The highest BCUT2D eigenvalue weighted by molar-refractivity contribution is 5.57. The molecule has 1 saturated heterocycles. The van der Waals surface area contributed by atoms with Crippen molar-refractivity contribution in [3.8, 4) is 6.07 Å². The predicted octanol–water partition coefficient (Wildman–Crippen LogP) is 3.09. The first kappa shape index (κ1) is 17.2. The van der Waals surface area contributed by atoms with Gasteiger partial charge in [-0.2, -0.15) is 23.5 Å². The number of anilines is 1. The fourth-order valence-electron chi connectivity index (χ4n) is 3.03. The highest BCUT2D eigenvalue weighted by Crippen LogP contribution is 2.33. The number of nitrogens with zero attached hydrogens (tertiary/aromatic N) is 5. The molecule has 0 saturated carbocycles. The van der Waals surface area contributed by atoms with E-state index in [1.54, 1.807) is 6.92 Å². The normalized spacial score (nSPS) is 18.2. The van der Waals surface area contributed by atoms with Crippen molar-refractivity contribution in [2.75, 3.05) is 18.0 Å². The van der Waals surface area contributed by atoms with Crippen LogP contribution in [0.2, 0.25) is 0 Å². The Hall–Kier alpha value is -2.63. The van der Waals surface area contributed by atoms with Gasteiger partial charge in [0, 0.05) is 19.0 Å². The number of aromatic nitrogens is 4. The van der Waals surface area contributed by atoms with Crippen molar-refractivity contribution in [2.24, 2.45) is 0 Å². The second-order valence-corrected chi connectivity index (χ2v) is 6.19. The lowest BCUT2D eigenvalue weighted by atomic mass is 9.96. The van der Waals surface area contributed by atoms with Crippen molar-refractivity contribution in [3.05, 3.63) is 34.5 Å². The third-order valence-corrected chi connectivity index (χ3v) is 4.56. The van der Waals surface area contributed by atoms with E-state index in [2.05, 4.69) is 26.2 Å². The number of aromatic amines is 1. The van der Waals surface area contributed by atoms with Gasteiger partial charge in [0.15, 0.2) is 5.82 Å². The Labute approximate surface area is 142 Å². The number of H-pyrrole nitrogens is 1. The molecule has 0 aromatic carbocycles. The van der Waals surface area contributed by atoms with Crippen LogP contribution in [0, 0.1) is 25.2 Å². The number of halogens is 3. The summed E-state index contributed by atoms with van der Waals surface area (Å²) in [6, 6.07) is 2.16. The Morgan fingerprint density at radius 3 is 2.72 bits per heavy atom. The van der Waals surface area contributed by atoms with Crippen LogP contribution in [-0.4, -0.2) is 33.3 Å². The summed E-state index contributed by atoms with van der Waals surface area (Å²) in [4.78, 5) is 8.19. The predicted molar refractivity (Wildman–Crippen MR) is 84.0 cm³/mol. The van der Waals surface area contributed by atoms with E-state index in [4.69, 9.17) is 0 Å². The molecule has 25 heavy (non-hydrogen) atoms. The van der Waals surface area contributed by atoms with Crippen LogP contribution in [0.15, 0.2) is 6.20 Å². The van der Waals surface area contributed by atoms with Gasteiger partial charge in [-0.15, -0.1) is 5.10 Å². The van der Waals surface area contributed by atoms with Crippen molar-refractivity contribution in [2.45, 2.75) is 38.8 Å². The molecule has 132 valence electrons. The zero-order valence-electron chi connectivity index (χ0n) is 13.9. The fourth-order valence-corrected chi connectivity index (χ4v) is 3.03. The van der Waals surface area contributed by atoms with Crippen LogP contribution in [0.4, 0.5) is 19.0 Å². The Balaban J connectivity index is 1.86. The number of hydrogen-bond acceptors (Lipinski definition) is 5. The number of hydrogen-bond donors (Lipinski definition) is 1. The quantitative estimate of drug-likeness (QED) is 0.900. The average molecular weight is 350 g/mol. The topological polar surface area (TPSA) is 81.5 Å².